The molecule has 7 heteroatoms. The van der Waals surface area contributed by atoms with E-state index in [1.807, 2.05) is 16.9 Å². The Morgan fingerprint density at radius 1 is 1.50 bits per heavy atom. The number of nitro groups is 1. The number of anilines is 1. The molecule has 0 atom stereocenters. The number of nitro benzene ring substituents is 1. The zero-order valence-electron chi connectivity index (χ0n) is 9.41. The van der Waals surface area contributed by atoms with Gasteiger partial charge >= 0.3 is 0 Å². The number of non-ortho nitro benzene ring substituents is 1. The van der Waals surface area contributed by atoms with Gasteiger partial charge in [0.15, 0.2) is 0 Å². The molecule has 1 aromatic carbocycles. The van der Waals surface area contributed by atoms with Crippen molar-refractivity contribution in [1.29, 1.82) is 0 Å². The lowest BCUT2D eigenvalue weighted by atomic mass is 10.3. The van der Waals surface area contributed by atoms with E-state index in [0.29, 0.717) is 0 Å². The average Bonchev–Trinajstić information content (AvgIpc) is 2.84. The number of benzene rings is 1. The molecule has 2 rings (SSSR count). The van der Waals surface area contributed by atoms with Gasteiger partial charge in [-0.05, 0) is 34.7 Å². The summed E-state index contributed by atoms with van der Waals surface area (Å²) >= 11 is 2.08. The van der Waals surface area contributed by atoms with Gasteiger partial charge in [-0.25, -0.2) is 0 Å². The van der Waals surface area contributed by atoms with Gasteiger partial charge in [0.1, 0.15) is 0 Å². The third kappa shape index (κ3) is 3.19. The minimum Gasteiger partial charge on any atom is -0.382 e. The molecular formula is C11H11IN4O2. The second-order valence-corrected chi connectivity index (χ2v) is 4.78. The number of nitrogens with one attached hydrogen (secondary N) is 1. The molecule has 0 bridgehead atoms. The molecule has 0 fully saturated rings. The summed E-state index contributed by atoms with van der Waals surface area (Å²) in [7, 11) is 0. The summed E-state index contributed by atoms with van der Waals surface area (Å²) in [5.74, 6) is 0. The van der Waals surface area contributed by atoms with Crippen molar-refractivity contribution in [3.05, 3.63) is 50.3 Å². The second kappa shape index (κ2) is 5.80. The monoisotopic (exact) mass is 358 g/mol. The summed E-state index contributed by atoms with van der Waals surface area (Å²) in [5, 5.41) is 17.9. The average molecular weight is 358 g/mol. The van der Waals surface area contributed by atoms with Crippen LogP contribution in [0.25, 0.3) is 0 Å². The van der Waals surface area contributed by atoms with Crippen LogP contribution in [-0.2, 0) is 6.54 Å². The predicted octanol–water partition coefficient (Wildman–Crippen LogP) is 2.51. The molecular weight excluding hydrogens is 347 g/mol. The Labute approximate surface area is 117 Å². The van der Waals surface area contributed by atoms with Crippen molar-refractivity contribution in [2.45, 2.75) is 6.54 Å². The number of aromatic nitrogens is 2. The van der Waals surface area contributed by atoms with Crippen LogP contribution in [0, 0.1) is 13.7 Å². The van der Waals surface area contributed by atoms with E-state index in [-0.39, 0.29) is 5.69 Å². The highest BCUT2D eigenvalue weighted by atomic mass is 127. The SMILES string of the molecule is O=[N+]([O-])c1ccc(NCCn2cccn2)c(I)c1. The molecule has 1 heterocycles. The molecule has 0 radical (unpaired) electrons. The molecule has 0 spiro atoms. The number of nitrogens with zero attached hydrogens (tertiary/aromatic N) is 3. The van der Waals surface area contributed by atoms with Crippen LogP contribution in [0.1, 0.15) is 0 Å². The van der Waals surface area contributed by atoms with Crippen molar-refractivity contribution in [2.75, 3.05) is 11.9 Å². The number of rotatable bonds is 5. The van der Waals surface area contributed by atoms with Gasteiger partial charge in [0.2, 0.25) is 0 Å². The molecule has 0 aliphatic rings. The summed E-state index contributed by atoms with van der Waals surface area (Å²) in [6, 6.07) is 6.65. The Bertz CT molecular complexity index is 542. The molecule has 94 valence electrons. The molecule has 0 unspecified atom stereocenters. The Morgan fingerprint density at radius 2 is 2.33 bits per heavy atom. The Kier molecular flexibility index (Phi) is 4.13. The van der Waals surface area contributed by atoms with Crippen LogP contribution in [0.2, 0.25) is 0 Å². The number of hydrogen-bond acceptors (Lipinski definition) is 4. The minimum absolute atomic E-state index is 0.108. The van der Waals surface area contributed by atoms with E-state index < -0.39 is 4.92 Å². The van der Waals surface area contributed by atoms with E-state index in [1.165, 1.54) is 6.07 Å². The van der Waals surface area contributed by atoms with Crippen LogP contribution in [0.3, 0.4) is 0 Å². The van der Waals surface area contributed by atoms with Gasteiger partial charge in [-0.3, -0.25) is 14.8 Å². The van der Waals surface area contributed by atoms with Gasteiger partial charge in [0, 0.05) is 40.3 Å². The molecule has 6 nitrogen and oxygen atoms in total. The Morgan fingerprint density at radius 3 is 2.94 bits per heavy atom. The van der Waals surface area contributed by atoms with Gasteiger partial charge < -0.3 is 5.32 Å². The maximum Gasteiger partial charge on any atom is 0.270 e. The Hall–Kier alpha value is -1.64. The second-order valence-electron chi connectivity index (χ2n) is 3.62. The minimum atomic E-state index is -0.393. The lowest BCUT2D eigenvalue weighted by Gasteiger charge is -2.08. The highest BCUT2D eigenvalue weighted by molar-refractivity contribution is 14.1. The van der Waals surface area contributed by atoms with Crippen LogP contribution in [0.15, 0.2) is 36.7 Å². The summed E-state index contributed by atoms with van der Waals surface area (Å²) in [5.41, 5.74) is 1.00. The Balaban J connectivity index is 1.95. The molecule has 0 amide bonds. The van der Waals surface area contributed by atoms with E-state index in [4.69, 9.17) is 0 Å². The first-order chi connectivity index (χ1) is 8.66. The zero-order valence-corrected chi connectivity index (χ0v) is 11.6. The topological polar surface area (TPSA) is 73.0 Å². The van der Waals surface area contributed by atoms with Gasteiger partial charge in [-0.15, -0.1) is 0 Å². The van der Waals surface area contributed by atoms with E-state index in [9.17, 15) is 10.1 Å². The van der Waals surface area contributed by atoms with E-state index >= 15 is 0 Å². The van der Waals surface area contributed by atoms with E-state index in [0.717, 1.165) is 22.3 Å². The molecule has 2 aromatic rings. The third-order valence-electron chi connectivity index (χ3n) is 2.38. The van der Waals surface area contributed by atoms with E-state index in [2.05, 4.69) is 33.0 Å². The fourth-order valence-electron chi connectivity index (χ4n) is 1.50. The largest absolute Gasteiger partial charge is 0.382 e. The first-order valence-electron chi connectivity index (χ1n) is 5.32. The molecule has 18 heavy (non-hydrogen) atoms. The predicted molar refractivity (Wildman–Crippen MR) is 76.5 cm³/mol. The summed E-state index contributed by atoms with van der Waals surface area (Å²) in [6.45, 7) is 1.47. The van der Waals surface area contributed by atoms with Crippen LogP contribution in [-0.4, -0.2) is 21.2 Å². The number of hydrogen-bond donors (Lipinski definition) is 1. The first kappa shape index (κ1) is 12.8. The maximum absolute atomic E-state index is 10.6. The van der Waals surface area contributed by atoms with Crippen LogP contribution in [0.5, 0.6) is 0 Å². The maximum atomic E-state index is 10.6. The van der Waals surface area contributed by atoms with Gasteiger partial charge in [0.05, 0.1) is 11.5 Å². The zero-order chi connectivity index (χ0) is 13.0. The van der Waals surface area contributed by atoms with Crippen LogP contribution < -0.4 is 5.32 Å². The van der Waals surface area contributed by atoms with Crippen molar-refractivity contribution in [3.8, 4) is 0 Å². The van der Waals surface area contributed by atoms with E-state index in [1.54, 1.807) is 18.3 Å². The molecule has 1 N–H and O–H groups in total. The molecule has 0 saturated carbocycles. The van der Waals surface area contributed by atoms with Gasteiger partial charge in [-0.1, -0.05) is 0 Å². The smallest absolute Gasteiger partial charge is 0.270 e. The van der Waals surface area contributed by atoms with Crippen molar-refractivity contribution >= 4 is 34.0 Å². The number of halogens is 1. The van der Waals surface area contributed by atoms with Crippen molar-refractivity contribution < 1.29 is 4.92 Å². The fourth-order valence-corrected chi connectivity index (χ4v) is 2.19. The standard InChI is InChI=1S/C11H11IN4O2/c12-10-8-9(16(17)18)2-3-11(10)13-5-7-15-6-1-4-14-15/h1-4,6,8,13H,5,7H2. The highest BCUT2D eigenvalue weighted by Crippen LogP contribution is 2.23. The molecule has 1 aromatic heterocycles. The van der Waals surface area contributed by atoms with Crippen molar-refractivity contribution in [2.24, 2.45) is 0 Å². The van der Waals surface area contributed by atoms with Gasteiger partial charge in [-0.2, -0.15) is 5.10 Å². The summed E-state index contributed by atoms with van der Waals surface area (Å²) in [6.07, 6.45) is 3.62. The normalized spacial score (nSPS) is 10.3. The van der Waals surface area contributed by atoms with Crippen molar-refractivity contribution in [3.63, 3.8) is 0 Å². The molecule has 0 aliphatic heterocycles. The van der Waals surface area contributed by atoms with Gasteiger partial charge in [0.25, 0.3) is 5.69 Å². The van der Waals surface area contributed by atoms with Crippen LogP contribution in [0.4, 0.5) is 11.4 Å². The molecule has 0 aliphatic carbocycles. The lowest BCUT2D eigenvalue weighted by Crippen LogP contribution is -2.11. The third-order valence-corrected chi connectivity index (χ3v) is 3.27. The first-order valence-corrected chi connectivity index (χ1v) is 6.40. The highest BCUT2D eigenvalue weighted by Gasteiger charge is 2.08. The van der Waals surface area contributed by atoms with Crippen LogP contribution >= 0.6 is 22.6 Å². The molecule has 0 saturated heterocycles. The quantitative estimate of drug-likeness (QED) is 0.507. The summed E-state index contributed by atoms with van der Waals surface area (Å²) < 4.78 is 2.66. The fraction of sp³-hybridized carbons (Fsp3) is 0.182. The van der Waals surface area contributed by atoms with Crippen molar-refractivity contribution in [1.82, 2.24) is 9.78 Å². The summed E-state index contributed by atoms with van der Waals surface area (Å²) in [4.78, 5) is 10.2. The lowest BCUT2D eigenvalue weighted by molar-refractivity contribution is -0.384.